The molecule has 0 aromatic heterocycles. The molecule has 0 aromatic carbocycles. The van der Waals surface area contributed by atoms with E-state index >= 15 is 0 Å². The van der Waals surface area contributed by atoms with Crippen molar-refractivity contribution in [3.8, 4) is 0 Å². The van der Waals surface area contributed by atoms with Gasteiger partial charge in [-0.2, -0.15) is 0 Å². The molecule has 0 bridgehead atoms. The third-order valence-corrected chi connectivity index (χ3v) is 2.27. The second-order valence-corrected chi connectivity index (χ2v) is 3.16. The summed E-state index contributed by atoms with van der Waals surface area (Å²) < 4.78 is 17.7. The van der Waals surface area contributed by atoms with Crippen LogP contribution in [0.2, 0.25) is 0 Å². The van der Waals surface area contributed by atoms with Gasteiger partial charge in [0.25, 0.3) is 0 Å². The summed E-state index contributed by atoms with van der Waals surface area (Å²) >= 11 is 0. The lowest BCUT2D eigenvalue weighted by Crippen LogP contribution is -2.34. The maximum Gasteiger partial charge on any atom is 0.114 e. The highest BCUT2D eigenvalue weighted by atomic mass is 19.1. The van der Waals surface area contributed by atoms with Crippen molar-refractivity contribution >= 4 is 0 Å². The molecular formula is C8H16FNO2. The fraction of sp³-hybridized carbons (Fsp3) is 1.00. The molecule has 0 spiro atoms. The average molecular weight is 177 g/mol. The van der Waals surface area contributed by atoms with Gasteiger partial charge in [0.1, 0.15) is 6.17 Å². The highest BCUT2D eigenvalue weighted by molar-refractivity contribution is 4.84. The number of likely N-dealkylation sites (tertiary alicyclic amines) is 1. The Kier molecular flexibility index (Phi) is 3.91. The van der Waals surface area contributed by atoms with Gasteiger partial charge >= 0.3 is 0 Å². The van der Waals surface area contributed by atoms with Crippen molar-refractivity contribution in [2.24, 2.45) is 0 Å². The van der Waals surface area contributed by atoms with E-state index in [2.05, 4.69) is 0 Å². The van der Waals surface area contributed by atoms with Gasteiger partial charge in [0, 0.05) is 26.2 Å². The Morgan fingerprint density at radius 3 is 3.00 bits per heavy atom. The minimum absolute atomic E-state index is 0.00449. The van der Waals surface area contributed by atoms with Crippen LogP contribution >= 0.6 is 0 Å². The van der Waals surface area contributed by atoms with Crippen LogP contribution in [0, 0.1) is 0 Å². The molecule has 2 atom stereocenters. The third-order valence-electron chi connectivity index (χ3n) is 2.27. The first-order valence-corrected chi connectivity index (χ1v) is 4.26. The van der Waals surface area contributed by atoms with Gasteiger partial charge in [0.2, 0.25) is 0 Å². The minimum atomic E-state index is -0.779. The Bertz CT molecular complexity index is 134. The zero-order chi connectivity index (χ0) is 8.97. The first-order valence-electron chi connectivity index (χ1n) is 4.26. The van der Waals surface area contributed by atoms with Gasteiger partial charge in [-0.05, 0) is 6.42 Å². The van der Waals surface area contributed by atoms with Crippen LogP contribution < -0.4 is 0 Å². The van der Waals surface area contributed by atoms with E-state index in [9.17, 15) is 4.39 Å². The molecule has 1 heterocycles. The summed E-state index contributed by atoms with van der Waals surface area (Å²) in [4.78, 5) is 1.94. The van der Waals surface area contributed by atoms with Crippen LogP contribution in [-0.2, 0) is 4.74 Å². The minimum Gasteiger partial charge on any atom is -0.395 e. The third kappa shape index (κ3) is 2.40. The standard InChI is InChI=1S/C8H16FNO2/c1-12-3-2-10-5-7(9)4-8(10)6-11/h7-8,11H,2-6H2,1H3/t7-,8+/m1/s1. The molecule has 0 unspecified atom stereocenters. The fourth-order valence-corrected chi connectivity index (χ4v) is 1.59. The lowest BCUT2D eigenvalue weighted by Gasteiger charge is -2.21. The first-order chi connectivity index (χ1) is 5.77. The molecule has 0 saturated carbocycles. The Hall–Kier alpha value is -0.190. The summed E-state index contributed by atoms with van der Waals surface area (Å²) in [6.07, 6.45) is -0.320. The average Bonchev–Trinajstić information content (AvgIpc) is 2.42. The molecule has 0 aromatic rings. The molecule has 3 nitrogen and oxygen atoms in total. The van der Waals surface area contributed by atoms with Gasteiger partial charge in [-0.15, -0.1) is 0 Å². The maximum absolute atomic E-state index is 12.8. The Morgan fingerprint density at radius 2 is 2.42 bits per heavy atom. The molecule has 0 radical (unpaired) electrons. The Labute approximate surface area is 72.1 Å². The van der Waals surface area contributed by atoms with Gasteiger partial charge < -0.3 is 9.84 Å². The molecule has 12 heavy (non-hydrogen) atoms. The van der Waals surface area contributed by atoms with Crippen molar-refractivity contribution in [3.05, 3.63) is 0 Å². The zero-order valence-electron chi connectivity index (χ0n) is 7.37. The predicted octanol–water partition coefficient (Wildman–Crippen LogP) is 0.0375. The zero-order valence-corrected chi connectivity index (χ0v) is 7.37. The van der Waals surface area contributed by atoms with E-state index in [1.807, 2.05) is 4.90 Å². The second kappa shape index (κ2) is 4.74. The number of rotatable bonds is 4. The largest absolute Gasteiger partial charge is 0.395 e. The van der Waals surface area contributed by atoms with Crippen LogP contribution in [0.15, 0.2) is 0 Å². The van der Waals surface area contributed by atoms with E-state index in [0.29, 0.717) is 26.1 Å². The van der Waals surface area contributed by atoms with E-state index in [1.165, 1.54) is 0 Å². The summed E-state index contributed by atoms with van der Waals surface area (Å²) in [5.41, 5.74) is 0. The van der Waals surface area contributed by atoms with Gasteiger partial charge in [-0.3, -0.25) is 4.90 Å². The molecular weight excluding hydrogens is 161 g/mol. The number of hydrogen-bond donors (Lipinski definition) is 1. The van der Waals surface area contributed by atoms with E-state index in [1.54, 1.807) is 7.11 Å². The highest BCUT2D eigenvalue weighted by Crippen LogP contribution is 2.19. The summed E-state index contributed by atoms with van der Waals surface area (Å²) in [7, 11) is 1.62. The summed E-state index contributed by atoms with van der Waals surface area (Å²) in [6.45, 7) is 1.80. The number of nitrogens with zero attached hydrogens (tertiary/aromatic N) is 1. The van der Waals surface area contributed by atoms with Gasteiger partial charge in [-0.1, -0.05) is 0 Å². The Balaban J connectivity index is 2.30. The highest BCUT2D eigenvalue weighted by Gasteiger charge is 2.30. The number of aliphatic hydroxyl groups is 1. The van der Waals surface area contributed by atoms with Crippen molar-refractivity contribution in [1.82, 2.24) is 4.90 Å². The smallest absolute Gasteiger partial charge is 0.114 e. The van der Waals surface area contributed by atoms with Crippen molar-refractivity contribution in [2.75, 3.05) is 33.4 Å². The van der Waals surface area contributed by atoms with Gasteiger partial charge in [0.05, 0.1) is 13.2 Å². The van der Waals surface area contributed by atoms with Crippen molar-refractivity contribution < 1.29 is 14.2 Å². The summed E-state index contributed by atoms with van der Waals surface area (Å²) in [5, 5.41) is 8.90. The molecule has 0 amide bonds. The molecule has 0 aliphatic carbocycles. The normalized spacial score (nSPS) is 31.2. The lowest BCUT2D eigenvalue weighted by molar-refractivity contribution is 0.112. The molecule has 1 aliphatic rings. The molecule has 72 valence electrons. The number of alkyl halides is 1. The van der Waals surface area contributed by atoms with E-state index in [-0.39, 0.29) is 12.6 Å². The van der Waals surface area contributed by atoms with Crippen LogP contribution in [-0.4, -0.2) is 55.6 Å². The molecule has 1 saturated heterocycles. The second-order valence-electron chi connectivity index (χ2n) is 3.16. The van der Waals surface area contributed by atoms with Crippen LogP contribution in [0.3, 0.4) is 0 Å². The fourth-order valence-electron chi connectivity index (χ4n) is 1.59. The summed E-state index contributed by atoms with van der Waals surface area (Å²) in [6, 6.07) is -0.00449. The van der Waals surface area contributed by atoms with Crippen LogP contribution in [0.25, 0.3) is 0 Å². The van der Waals surface area contributed by atoms with Crippen molar-refractivity contribution in [2.45, 2.75) is 18.6 Å². The van der Waals surface area contributed by atoms with Gasteiger partial charge in [0.15, 0.2) is 0 Å². The maximum atomic E-state index is 12.8. The van der Waals surface area contributed by atoms with Crippen LogP contribution in [0.4, 0.5) is 4.39 Å². The number of hydrogen-bond acceptors (Lipinski definition) is 3. The van der Waals surface area contributed by atoms with Crippen LogP contribution in [0.5, 0.6) is 0 Å². The monoisotopic (exact) mass is 177 g/mol. The number of ether oxygens (including phenoxy) is 1. The van der Waals surface area contributed by atoms with E-state index in [4.69, 9.17) is 9.84 Å². The SMILES string of the molecule is COCCN1C[C@H](F)C[C@H]1CO. The topological polar surface area (TPSA) is 32.7 Å². The van der Waals surface area contributed by atoms with Crippen molar-refractivity contribution in [3.63, 3.8) is 0 Å². The van der Waals surface area contributed by atoms with Gasteiger partial charge in [-0.25, -0.2) is 4.39 Å². The number of aliphatic hydroxyl groups excluding tert-OH is 1. The van der Waals surface area contributed by atoms with E-state index in [0.717, 1.165) is 0 Å². The van der Waals surface area contributed by atoms with Crippen molar-refractivity contribution in [1.29, 1.82) is 0 Å². The molecule has 1 N–H and O–H groups in total. The first kappa shape index (κ1) is 9.89. The number of methoxy groups -OCH3 is 1. The predicted molar refractivity (Wildman–Crippen MR) is 43.8 cm³/mol. The molecule has 1 rings (SSSR count). The molecule has 4 heteroatoms. The molecule has 1 fully saturated rings. The lowest BCUT2D eigenvalue weighted by atomic mass is 10.2. The molecule has 1 aliphatic heterocycles. The number of halogens is 1. The van der Waals surface area contributed by atoms with E-state index < -0.39 is 6.17 Å². The van der Waals surface area contributed by atoms with Crippen LogP contribution in [0.1, 0.15) is 6.42 Å². The summed E-state index contributed by atoms with van der Waals surface area (Å²) in [5.74, 6) is 0. The quantitative estimate of drug-likeness (QED) is 0.658. The Morgan fingerprint density at radius 1 is 1.67 bits per heavy atom.